The zero-order valence-corrected chi connectivity index (χ0v) is 7.99. The van der Waals surface area contributed by atoms with Gasteiger partial charge in [0, 0.05) is 25.3 Å². The summed E-state index contributed by atoms with van der Waals surface area (Å²) < 4.78 is 0. The van der Waals surface area contributed by atoms with Crippen LogP contribution >= 0.6 is 11.8 Å². The Balaban J connectivity index is 1.92. The number of amidine groups is 1. The fourth-order valence-electron chi connectivity index (χ4n) is 1.08. The van der Waals surface area contributed by atoms with Crippen molar-refractivity contribution in [2.45, 2.75) is 12.8 Å². The highest BCUT2D eigenvalue weighted by Gasteiger charge is 2.03. The van der Waals surface area contributed by atoms with Gasteiger partial charge in [0.15, 0.2) is 0 Å². The zero-order valence-electron chi connectivity index (χ0n) is 7.18. The fourth-order valence-corrected chi connectivity index (χ4v) is 1.59. The summed E-state index contributed by atoms with van der Waals surface area (Å²) in [5.41, 5.74) is 0. The lowest BCUT2D eigenvalue weighted by Crippen LogP contribution is -2.23. The molecule has 1 N–H and O–H groups in total. The Hall–Kier alpha value is -0.620. The third-order valence-electron chi connectivity index (χ3n) is 1.64. The van der Waals surface area contributed by atoms with Crippen molar-refractivity contribution in [1.29, 1.82) is 0 Å². The lowest BCUT2D eigenvalue weighted by Gasteiger charge is -2.03. The number of terminal acetylenes is 1. The van der Waals surface area contributed by atoms with Gasteiger partial charge in [0.1, 0.15) is 0 Å². The molecule has 0 bridgehead atoms. The van der Waals surface area contributed by atoms with Gasteiger partial charge in [-0.2, -0.15) is 0 Å². The van der Waals surface area contributed by atoms with E-state index in [0.29, 0.717) is 0 Å². The quantitative estimate of drug-likeness (QED) is 0.521. The Morgan fingerprint density at radius 2 is 2.58 bits per heavy atom. The Morgan fingerprint density at radius 3 is 3.25 bits per heavy atom. The van der Waals surface area contributed by atoms with Gasteiger partial charge in [0.05, 0.1) is 11.6 Å². The van der Waals surface area contributed by atoms with Gasteiger partial charge >= 0.3 is 0 Å². The average molecular weight is 182 g/mol. The van der Waals surface area contributed by atoms with Gasteiger partial charge in [-0.05, 0) is 6.42 Å². The number of thioether (sulfide) groups is 1. The van der Waals surface area contributed by atoms with E-state index in [1.807, 2.05) is 0 Å². The molecule has 1 aliphatic heterocycles. The first-order valence-corrected chi connectivity index (χ1v) is 5.37. The monoisotopic (exact) mass is 182 g/mol. The summed E-state index contributed by atoms with van der Waals surface area (Å²) in [7, 11) is 0. The molecule has 0 aromatic carbocycles. The van der Waals surface area contributed by atoms with E-state index in [9.17, 15) is 0 Å². The SMILES string of the molecule is C#CCSCCNC1=NCCC1. The fraction of sp³-hybridized carbons (Fsp3) is 0.667. The van der Waals surface area contributed by atoms with E-state index in [-0.39, 0.29) is 0 Å². The Morgan fingerprint density at radius 1 is 1.67 bits per heavy atom. The smallest absolute Gasteiger partial charge is 0.0963 e. The zero-order chi connectivity index (χ0) is 8.65. The molecule has 0 saturated carbocycles. The summed E-state index contributed by atoms with van der Waals surface area (Å²) in [5.74, 6) is 5.66. The van der Waals surface area contributed by atoms with Gasteiger partial charge in [-0.25, -0.2) is 0 Å². The van der Waals surface area contributed by atoms with Crippen molar-refractivity contribution in [2.75, 3.05) is 24.6 Å². The molecule has 0 amide bonds. The molecule has 0 aromatic rings. The first-order valence-electron chi connectivity index (χ1n) is 4.22. The molecular weight excluding hydrogens is 168 g/mol. The second kappa shape index (κ2) is 5.96. The molecule has 0 radical (unpaired) electrons. The minimum Gasteiger partial charge on any atom is -0.373 e. The van der Waals surface area contributed by atoms with Crippen molar-refractivity contribution in [1.82, 2.24) is 5.32 Å². The van der Waals surface area contributed by atoms with E-state index in [0.717, 1.165) is 31.0 Å². The highest BCUT2D eigenvalue weighted by Crippen LogP contribution is 2.01. The van der Waals surface area contributed by atoms with Crippen molar-refractivity contribution in [3.63, 3.8) is 0 Å². The lowest BCUT2D eigenvalue weighted by atomic mass is 10.3. The predicted molar refractivity (Wildman–Crippen MR) is 55.7 cm³/mol. The van der Waals surface area contributed by atoms with E-state index < -0.39 is 0 Å². The molecule has 0 fully saturated rings. The molecule has 66 valence electrons. The van der Waals surface area contributed by atoms with Gasteiger partial charge < -0.3 is 5.32 Å². The van der Waals surface area contributed by atoms with E-state index in [2.05, 4.69) is 16.2 Å². The first kappa shape index (κ1) is 9.47. The van der Waals surface area contributed by atoms with Gasteiger partial charge in [-0.3, -0.25) is 4.99 Å². The number of hydrogen-bond acceptors (Lipinski definition) is 3. The third kappa shape index (κ3) is 3.68. The molecule has 12 heavy (non-hydrogen) atoms. The molecule has 0 aliphatic carbocycles. The van der Waals surface area contributed by atoms with Crippen molar-refractivity contribution in [2.24, 2.45) is 4.99 Å². The largest absolute Gasteiger partial charge is 0.373 e. The van der Waals surface area contributed by atoms with Crippen LogP contribution in [0.5, 0.6) is 0 Å². The van der Waals surface area contributed by atoms with Crippen LogP contribution in [0.2, 0.25) is 0 Å². The van der Waals surface area contributed by atoms with Crippen LogP contribution < -0.4 is 5.32 Å². The summed E-state index contributed by atoms with van der Waals surface area (Å²) in [6.07, 6.45) is 7.45. The van der Waals surface area contributed by atoms with Crippen LogP contribution in [-0.2, 0) is 0 Å². The Labute approximate surface area is 78.2 Å². The number of nitrogens with zero attached hydrogens (tertiary/aromatic N) is 1. The molecule has 0 unspecified atom stereocenters. The van der Waals surface area contributed by atoms with Crippen LogP contribution in [-0.4, -0.2) is 30.4 Å². The Bertz CT molecular complexity index is 193. The molecule has 1 aliphatic rings. The van der Waals surface area contributed by atoms with Crippen molar-refractivity contribution < 1.29 is 0 Å². The summed E-state index contributed by atoms with van der Waals surface area (Å²) in [6, 6.07) is 0. The van der Waals surface area contributed by atoms with Crippen LogP contribution in [0.15, 0.2) is 4.99 Å². The molecule has 1 rings (SSSR count). The maximum Gasteiger partial charge on any atom is 0.0963 e. The molecular formula is C9H14N2S. The first-order chi connectivity index (χ1) is 5.93. The van der Waals surface area contributed by atoms with Crippen LogP contribution in [0, 0.1) is 12.3 Å². The van der Waals surface area contributed by atoms with Crippen molar-refractivity contribution in [3.8, 4) is 12.3 Å². The maximum absolute atomic E-state index is 5.12. The molecule has 2 nitrogen and oxygen atoms in total. The predicted octanol–water partition coefficient (Wildman–Crippen LogP) is 1.13. The van der Waals surface area contributed by atoms with Crippen LogP contribution in [0.4, 0.5) is 0 Å². The minimum absolute atomic E-state index is 0.814. The van der Waals surface area contributed by atoms with Gasteiger partial charge in [-0.15, -0.1) is 18.2 Å². The van der Waals surface area contributed by atoms with Gasteiger partial charge in [-0.1, -0.05) is 5.92 Å². The molecule has 1 heterocycles. The summed E-state index contributed by atoms with van der Waals surface area (Å²) in [5, 5.41) is 3.30. The number of rotatable bonds is 4. The standard InChI is InChI=1S/C9H14N2S/c1-2-7-12-8-6-11-9-4-3-5-10-9/h1H,3-8H2,(H,10,11). The van der Waals surface area contributed by atoms with E-state index in [4.69, 9.17) is 6.42 Å². The van der Waals surface area contributed by atoms with E-state index >= 15 is 0 Å². The number of nitrogens with one attached hydrogen (secondary N) is 1. The van der Waals surface area contributed by atoms with Crippen molar-refractivity contribution >= 4 is 17.6 Å². The van der Waals surface area contributed by atoms with Gasteiger partial charge in [0.2, 0.25) is 0 Å². The minimum atomic E-state index is 0.814. The van der Waals surface area contributed by atoms with Crippen LogP contribution in [0.25, 0.3) is 0 Å². The molecule has 3 heteroatoms. The van der Waals surface area contributed by atoms with Crippen molar-refractivity contribution in [3.05, 3.63) is 0 Å². The van der Waals surface area contributed by atoms with E-state index in [1.165, 1.54) is 12.3 Å². The highest BCUT2D eigenvalue weighted by molar-refractivity contribution is 7.99. The highest BCUT2D eigenvalue weighted by atomic mass is 32.2. The third-order valence-corrected chi connectivity index (χ3v) is 2.50. The molecule has 0 spiro atoms. The van der Waals surface area contributed by atoms with Gasteiger partial charge in [0.25, 0.3) is 0 Å². The summed E-state index contributed by atoms with van der Waals surface area (Å²) >= 11 is 1.78. The molecule has 0 saturated heterocycles. The average Bonchev–Trinajstić information content (AvgIpc) is 2.57. The van der Waals surface area contributed by atoms with E-state index in [1.54, 1.807) is 11.8 Å². The molecule has 0 atom stereocenters. The lowest BCUT2D eigenvalue weighted by molar-refractivity contribution is 0.925. The maximum atomic E-state index is 5.12. The number of aliphatic imine (C=N–C) groups is 1. The second-order valence-electron chi connectivity index (χ2n) is 2.62. The normalized spacial score (nSPS) is 15.4. The Kier molecular flexibility index (Phi) is 4.70. The topological polar surface area (TPSA) is 24.4 Å². The molecule has 0 aromatic heterocycles. The van der Waals surface area contributed by atoms with Crippen LogP contribution in [0.3, 0.4) is 0 Å². The summed E-state index contributed by atoms with van der Waals surface area (Å²) in [4.78, 5) is 4.31. The number of hydrogen-bond donors (Lipinski definition) is 1. The van der Waals surface area contributed by atoms with Crippen LogP contribution in [0.1, 0.15) is 12.8 Å². The second-order valence-corrected chi connectivity index (χ2v) is 3.72. The summed E-state index contributed by atoms with van der Waals surface area (Å²) in [6.45, 7) is 1.99.